The summed E-state index contributed by atoms with van der Waals surface area (Å²) in [4.78, 5) is 10.9. The minimum atomic E-state index is 0.341. The first kappa shape index (κ1) is 6.79. The fourth-order valence-electron chi connectivity index (χ4n) is 1.49. The lowest BCUT2D eigenvalue weighted by molar-refractivity contribution is -0.124. The minimum Gasteiger partial charge on any atom is -0.299 e. The molecule has 1 aliphatic carbocycles. The van der Waals surface area contributed by atoms with Gasteiger partial charge in [-0.1, -0.05) is 13.8 Å². The summed E-state index contributed by atoms with van der Waals surface area (Å²) in [5.74, 6) is 1.58. The molecular weight excluding hydrogens is 112 g/mol. The highest BCUT2D eigenvalue weighted by atomic mass is 16.1. The molecular formula is C8H14O. The minimum absolute atomic E-state index is 0.341. The van der Waals surface area contributed by atoms with Crippen LogP contribution in [0.1, 0.15) is 33.1 Å². The van der Waals surface area contributed by atoms with Crippen molar-refractivity contribution in [2.45, 2.75) is 33.1 Å². The normalized spacial score (nSPS) is 36.9. The summed E-state index contributed by atoms with van der Waals surface area (Å²) < 4.78 is 0. The summed E-state index contributed by atoms with van der Waals surface area (Å²) in [6.07, 6.45) is 3.05. The third-order valence-corrected chi connectivity index (χ3v) is 2.19. The summed E-state index contributed by atoms with van der Waals surface area (Å²) in [6, 6.07) is 0. The molecule has 0 aliphatic heterocycles. The third-order valence-electron chi connectivity index (χ3n) is 2.19. The molecule has 0 heterocycles. The highest BCUT2D eigenvalue weighted by Crippen LogP contribution is 2.24. The van der Waals surface area contributed by atoms with E-state index >= 15 is 0 Å². The lowest BCUT2D eigenvalue weighted by atomic mass is 9.83. The van der Waals surface area contributed by atoms with Crippen LogP contribution in [0.5, 0.6) is 0 Å². The molecule has 0 N–H and O–H groups in total. The predicted octanol–water partition coefficient (Wildman–Crippen LogP) is 2.01. The van der Waals surface area contributed by atoms with Gasteiger partial charge in [-0.25, -0.2) is 0 Å². The number of Topliss-reactive ketones (excluding diaryl/α,β-unsaturated/α-hetero) is 1. The van der Waals surface area contributed by atoms with Crippen LogP contribution in [0, 0.1) is 11.8 Å². The van der Waals surface area contributed by atoms with E-state index < -0.39 is 0 Å². The van der Waals surface area contributed by atoms with Gasteiger partial charge in [0.2, 0.25) is 0 Å². The molecule has 0 bridgehead atoms. The molecule has 0 aromatic rings. The van der Waals surface area contributed by atoms with Gasteiger partial charge in [-0.2, -0.15) is 0 Å². The van der Waals surface area contributed by atoms with Gasteiger partial charge >= 0.3 is 0 Å². The van der Waals surface area contributed by atoms with Crippen molar-refractivity contribution in [3.05, 3.63) is 0 Å². The van der Waals surface area contributed by atoms with Crippen LogP contribution in [0.25, 0.3) is 0 Å². The van der Waals surface area contributed by atoms with Crippen molar-refractivity contribution < 1.29 is 4.79 Å². The summed E-state index contributed by atoms with van der Waals surface area (Å²) in [5.41, 5.74) is 0. The molecule has 0 aromatic carbocycles. The Labute approximate surface area is 56.4 Å². The first-order chi connectivity index (χ1) is 4.20. The van der Waals surface area contributed by atoms with Crippen molar-refractivity contribution in [2.24, 2.45) is 11.8 Å². The molecule has 1 nitrogen and oxygen atoms in total. The number of ketones is 1. The predicted molar refractivity (Wildman–Crippen MR) is 37.2 cm³/mol. The van der Waals surface area contributed by atoms with E-state index in [1.165, 1.54) is 0 Å². The van der Waals surface area contributed by atoms with Crippen molar-refractivity contribution >= 4 is 5.78 Å². The lowest BCUT2D eigenvalue weighted by Crippen LogP contribution is -2.20. The van der Waals surface area contributed by atoms with E-state index in [0.29, 0.717) is 11.7 Å². The number of rotatable bonds is 0. The van der Waals surface area contributed by atoms with Gasteiger partial charge < -0.3 is 0 Å². The Morgan fingerprint density at radius 1 is 1.44 bits per heavy atom. The van der Waals surface area contributed by atoms with Gasteiger partial charge in [0.25, 0.3) is 0 Å². The molecule has 0 amide bonds. The molecule has 1 rings (SSSR count). The first-order valence-corrected chi connectivity index (χ1v) is 3.73. The molecule has 1 heteroatoms. The van der Waals surface area contributed by atoms with Gasteiger partial charge in [0.1, 0.15) is 5.78 Å². The van der Waals surface area contributed by atoms with Crippen molar-refractivity contribution in [1.29, 1.82) is 0 Å². The Hall–Kier alpha value is -0.330. The summed E-state index contributed by atoms with van der Waals surface area (Å²) in [6.45, 7) is 4.26. The van der Waals surface area contributed by atoms with Gasteiger partial charge in [-0.15, -0.1) is 0 Å². The largest absolute Gasteiger partial charge is 0.299 e. The molecule has 9 heavy (non-hydrogen) atoms. The van der Waals surface area contributed by atoms with Crippen LogP contribution in [0.15, 0.2) is 0 Å². The number of hydrogen-bond donors (Lipinski definition) is 0. The molecule has 1 fully saturated rings. The van der Waals surface area contributed by atoms with Gasteiger partial charge in [-0.3, -0.25) is 4.79 Å². The van der Waals surface area contributed by atoms with E-state index in [1.54, 1.807) is 0 Å². The molecule has 1 unspecified atom stereocenters. The standard InChI is InChI=1S/C8H14O/c1-6-3-4-8(9)7(2)5-6/h6-7H,3-5H2,1-2H3/t6-,7?/m1/s1. The van der Waals surface area contributed by atoms with Crippen LogP contribution >= 0.6 is 0 Å². The quantitative estimate of drug-likeness (QED) is 0.485. The van der Waals surface area contributed by atoms with E-state index in [-0.39, 0.29) is 0 Å². The monoisotopic (exact) mass is 126 g/mol. The van der Waals surface area contributed by atoms with Gasteiger partial charge in [0.05, 0.1) is 0 Å². The second-order valence-corrected chi connectivity index (χ2v) is 3.25. The number of carbonyl (C=O) groups excluding carboxylic acids is 1. The lowest BCUT2D eigenvalue weighted by Gasteiger charge is -2.21. The van der Waals surface area contributed by atoms with Gasteiger partial charge in [0.15, 0.2) is 0 Å². The van der Waals surface area contributed by atoms with E-state index in [9.17, 15) is 4.79 Å². The Balaban J connectivity index is 2.44. The smallest absolute Gasteiger partial charge is 0.135 e. The van der Waals surface area contributed by atoms with Crippen molar-refractivity contribution in [3.63, 3.8) is 0 Å². The van der Waals surface area contributed by atoms with Crippen LogP contribution in [0.3, 0.4) is 0 Å². The summed E-state index contributed by atoms with van der Waals surface area (Å²) in [7, 11) is 0. The van der Waals surface area contributed by atoms with Crippen LogP contribution in [0.4, 0.5) is 0 Å². The van der Waals surface area contributed by atoms with Crippen LogP contribution in [-0.4, -0.2) is 5.78 Å². The highest BCUT2D eigenvalue weighted by Gasteiger charge is 2.21. The molecule has 52 valence electrons. The van der Waals surface area contributed by atoms with Crippen molar-refractivity contribution in [1.82, 2.24) is 0 Å². The zero-order valence-electron chi connectivity index (χ0n) is 6.18. The molecule has 0 aromatic heterocycles. The molecule has 0 spiro atoms. The van der Waals surface area contributed by atoms with Gasteiger partial charge in [0, 0.05) is 12.3 Å². The van der Waals surface area contributed by atoms with Crippen LogP contribution in [-0.2, 0) is 4.79 Å². The molecule has 0 saturated heterocycles. The Morgan fingerprint density at radius 3 is 2.56 bits per heavy atom. The molecule has 1 aliphatic rings. The van der Waals surface area contributed by atoms with E-state index in [0.717, 1.165) is 25.2 Å². The van der Waals surface area contributed by atoms with E-state index in [4.69, 9.17) is 0 Å². The maximum Gasteiger partial charge on any atom is 0.135 e. The summed E-state index contributed by atoms with van der Waals surface area (Å²) >= 11 is 0. The Kier molecular flexibility index (Phi) is 1.89. The maximum absolute atomic E-state index is 10.9. The average Bonchev–Trinajstić information content (AvgIpc) is 1.80. The van der Waals surface area contributed by atoms with Crippen molar-refractivity contribution in [3.8, 4) is 0 Å². The van der Waals surface area contributed by atoms with Crippen LogP contribution < -0.4 is 0 Å². The average molecular weight is 126 g/mol. The molecule has 1 saturated carbocycles. The molecule has 0 radical (unpaired) electrons. The number of carbonyl (C=O) groups is 1. The number of hydrogen-bond acceptors (Lipinski definition) is 1. The Bertz CT molecular complexity index is 118. The van der Waals surface area contributed by atoms with Crippen LogP contribution in [0.2, 0.25) is 0 Å². The first-order valence-electron chi connectivity index (χ1n) is 3.73. The molecule has 2 atom stereocenters. The maximum atomic E-state index is 10.9. The van der Waals surface area contributed by atoms with E-state index in [2.05, 4.69) is 6.92 Å². The fourth-order valence-corrected chi connectivity index (χ4v) is 1.49. The summed E-state index contributed by atoms with van der Waals surface area (Å²) in [5, 5.41) is 0. The van der Waals surface area contributed by atoms with Crippen molar-refractivity contribution in [2.75, 3.05) is 0 Å². The second kappa shape index (κ2) is 2.51. The fraction of sp³-hybridized carbons (Fsp3) is 0.875. The SMILES string of the molecule is CC1C[C@H](C)CCC1=O. The second-order valence-electron chi connectivity index (χ2n) is 3.25. The van der Waals surface area contributed by atoms with E-state index in [1.807, 2.05) is 6.92 Å². The third kappa shape index (κ3) is 1.54. The van der Waals surface area contributed by atoms with Gasteiger partial charge in [-0.05, 0) is 18.8 Å². The zero-order valence-corrected chi connectivity index (χ0v) is 6.18. The zero-order chi connectivity index (χ0) is 6.85. The topological polar surface area (TPSA) is 17.1 Å². The highest BCUT2D eigenvalue weighted by molar-refractivity contribution is 5.81. The Morgan fingerprint density at radius 2 is 2.11 bits per heavy atom.